The fourth-order valence-corrected chi connectivity index (χ4v) is 13.5. The van der Waals surface area contributed by atoms with E-state index in [-0.39, 0.29) is 71.5 Å². The normalized spacial score (nSPS) is 42.1. The van der Waals surface area contributed by atoms with E-state index in [0.29, 0.717) is 49.9 Å². The smallest absolute Gasteiger partial charge is 0.339 e. The van der Waals surface area contributed by atoms with Gasteiger partial charge >= 0.3 is 5.97 Å². The molecule has 2 aromatic rings. The molecule has 2 aromatic carbocycles. The van der Waals surface area contributed by atoms with E-state index in [9.17, 15) is 33.3 Å². The molecule has 5 saturated carbocycles. The molecule has 8 rings (SSSR count). The number of ketones is 1. The van der Waals surface area contributed by atoms with Gasteiger partial charge in [-0.1, -0.05) is 37.3 Å². The summed E-state index contributed by atoms with van der Waals surface area (Å²) in [4.78, 5) is 30.3. The number of rotatable bonds is 10. The van der Waals surface area contributed by atoms with Crippen LogP contribution in [0.1, 0.15) is 65.3 Å². The van der Waals surface area contributed by atoms with Gasteiger partial charge in [0.05, 0.1) is 22.7 Å². The molecule has 12 heteroatoms. The summed E-state index contributed by atoms with van der Waals surface area (Å²) in [5.74, 6) is -2.09. The van der Waals surface area contributed by atoms with Crippen molar-refractivity contribution in [2.75, 3.05) is 40.2 Å². The number of fused-ring (bicyclic) bond motifs is 2. The zero-order valence-corrected chi connectivity index (χ0v) is 30.5. The number of aliphatic hydroxyl groups excluding tert-OH is 1. The van der Waals surface area contributed by atoms with Gasteiger partial charge in [0.15, 0.2) is 15.6 Å². The van der Waals surface area contributed by atoms with Gasteiger partial charge in [-0.05, 0) is 61.9 Å². The Morgan fingerprint density at radius 1 is 1.00 bits per heavy atom. The van der Waals surface area contributed by atoms with E-state index in [2.05, 4.69) is 11.8 Å². The first-order valence-electron chi connectivity index (χ1n) is 18.2. The van der Waals surface area contributed by atoms with Crippen LogP contribution in [0, 0.1) is 35.0 Å². The van der Waals surface area contributed by atoms with E-state index < -0.39 is 50.0 Å². The molecule has 3 unspecified atom stereocenters. The van der Waals surface area contributed by atoms with Crippen LogP contribution in [0.25, 0.3) is 0 Å². The summed E-state index contributed by atoms with van der Waals surface area (Å²) in [6.45, 7) is 3.12. The van der Waals surface area contributed by atoms with Crippen molar-refractivity contribution in [3.8, 4) is 0 Å². The van der Waals surface area contributed by atoms with Gasteiger partial charge in [0, 0.05) is 87.2 Å². The van der Waals surface area contributed by atoms with E-state index >= 15 is 0 Å². The predicted molar refractivity (Wildman–Crippen MR) is 185 cm³/mol. The molecule has 7 bridgehead atoms. The van der Waals surface area contributed by atoms with Crippen LogP contribution in [0.15, 0.2) is 53.4 Å². The van der Waals surface area contributed by atoms with Gasteiger partial charge in [-0.2, -0.15) is 0 Å². The predicted octanol–water partition coefficient (Wildman–Crippen LogP) is 2.69. The van der Waals surface area contributed by atoms with Crippen molar-refractivity contribution >= 4 is 21.6 Å². The largest absolute Gasteiger partial charge is 0.454 e. The maximum atomic E-state index is 14.5. The lowest BCUT2D eigenvalue weighted by atomic mass is 9.42. The van der Waals surface area contributed by atoms with Crippen molar-refractivity contribution in [3.05, 3.63) is 65.2 Å². The SMILES string of the molecule is CCN1C[C@]2(OC(=O)c3ccccc3CC(=O)c3ccc(S(C)(=O)=O)cc3)CC[C@H](CO)[C@]34C1[C@H](CC23)[C@@]1(O)C[C@H](OC)[C@H]2CC4[C@]1(O)[C@H]2OC. The molecule has 0 amide bonds. The lowest BCUT2D eigenvalue weighted by molar-refractivity contribution is -0.333. The second-order valence-corrected chi connectivity index (χ2v) is 18.2. The number of likely N-dealkylation sites (N-methyl/N-ethyl adjacent to an activating group) is 1. The fourth-order valence-electron chi connectivity index (χ4n) is 12.8. The highest BCUT2D eigenvalue weighted by molar-refractivity contribution is 7.90. The second kappa shape index (κ2) is 11.9. The molecule has 0 radical (unpaired) electrons. The Kier molecular flexibility index (Phi) is 8.24. The zero-order chi connectivity index (χ0) is 36.3. The first-order valence-corrected chi connectivity index (χ1v) is 20.1. The minimum Gasteiger partial charge on any atom is -0.454 e. The minimum atomic E-state index is -3.42. The van der Waals surface area contributed by atoms with Crippen LogP contribution < -0.4 is 0 Å². The van der Waals surface area contributed by atoms with Crippen LogP contribution in [-0.2, 0) is 30.5 Å². The van der Waals surface area contributed by atoms with Gasteiger partial charge in [-0.15, -0.1) is 0 Å². The van der Waals surface area contributed by atoms with Gasteiger partial charge in [-0.3, -0.25) is 9.69 Å². The average molecular weight is 724 g/mol. The van der Waals surface area contributed by atoms with Crippen LogP contribution >= 0.6 is 0 Å². The van der Waals surface area contributed by atoms with Crippen molar-refractivity contribution in [2.45, 2.75) is 85.4 Å². The quantitative estimate of drug-likeness (QED) is 0.244. The molecule has 6 aliphatic rings. The number of methoxy groups -OCH3 is 2. The first kappa shape index (κ1) is 35.3. The maximum absolute atomic E-state index is 14.5. The molecular formula is C39H49NO10S. The third-order valence-corrected chi connectivity index (χ3v) is 15.7. The summed E-state index contributed by atoms with van der Waals surface area (Å²) < 4.78 is 42.7. The van der Waals surface area contributed by atoms with Crippen molar-refractivity contribution < 1.29 is 47.5 Å². The molecule has 3 N–H and O–H groups in total. The molecule has 1 spiro atoms. The Hall–Kier alpha value is -2.71. The standard InChI is InChI=1S/C39H49NO10S/c1-5-40-21-36(50-35(43)26-9-7-6-8-23(26)16-29(42)22-10-12-25(13-11-22)51(4,46)47)15-14-24(20-41)38-31(36)18-28(33(38)40)37(44)19-30(48-2)27-17-32(38)39(37,45)34(27)49-3/h6-13,24,27-28,30-34,41,44-45H,5,14-21H2,1-4H3/t24-,27-,28+,30+,31?,32?,33?,34+,36-,37+,38+,39+/m1/s1. The number of esters is 1. The number of ether oxygens (including phenoxy) is 3. The van der Waals surface area contributed by atoms with Gasteiger partial charge in [0.1, 0.15) is 16.8 Å². The van der Waals surface area contributed by atoms with E-state index in [1.807, 2.05) is 0 Å². The molecule has 5 aliphatic carbocycles. The number of carbonyl (C=O) groups excluding carboxylic acids is 2. The van der Waals surface area contributed by atoms with Gasteiger partial charge < -0.3 is 29.5 Å². The molecular weight excluding hydrogens is 674 g/mol. The van der Waals surface area contributed by atoms with Crippen LogP contribution in [0.5, 0.6) is 0 Å². The number of likely N-dealkylation sites (tertiary alicyclic amines) is 1. The van der Waals surface area contributed by atoms with E-state index in [1.54, 1.807) is 38.5 Å². The Balaban J connectivity index is 1.16. The molecule has 12 atom stereocenters. The molecule has 0 aromatic heterocycles. The van der Waals surface area contributed by atoms with Crippen LogP contribution in [0.4, 0.5) is 0 Å². The number of carbonyl (C=O) groups is 2. The van der Waals surface area contributed by atoms with Crippen molar-refractivity contribution in [1.29, 1.82) is 0 Å². The Morgan fingerprint density at radius 2 is 1.73 bits per heavy atom. The first-order chi connectivity index (χ1) is 24.2. The summed E-state index contributed by atoms with van der Waals surface area (Å²) in [6, 6.07) is 12.6. The summed E-state index contributed by atoms with van der Waals surface area (Å²) in [7, 11) is -0.171. The number of aliphatic hydroxyl groups is 3. The fraction of sp³-hybridized carbons (Fsp3) is 0.641. The summed E-state index contributed by atoms with van der Waals surface area (Å²) in [5.41, 5.74) is -3.52. The number of piperidine rings is 1. The average Bonchev–Trinajstić information content (AvgIpc) is 3.54. The minimum absolute atomic E-state index is 0.0710. The van der Waals surface area contributed by atoms with E-state index in [4.69, 9.17) is 14.2 Å². The molecule has 51 heavy (non-hydrogen) atoms. The molecule has 6 fully saturated rings. The van der Waals surface area contributed by atoms with Crippen molar-refractivity contribution in [1.82, 2.24) is 4.90 Å². The monoisotopic (exact) mass is 723 g/mol. The molecule has 1 heterocycles. The molecule has 11 nitrogen and oxygen atoms in total. The van der Waals surface area contributed by atoms with Gasteiger partial charge in [0.25, 0.3) is 0 Å². The number of hydrogen-bond donors (Lipinski definition) is 3. The van der Waals surface area contributed by atoms with Crippen LogP contribution in [-0.4, -0.2) is 116 Å². The van der Waals surface area contributed by atoms with E-state index in [1.165, 1.54) is 24.3 Å². The highest BCUT2D eigenvalue weighted by Crippen LogP contribution is 2.80. The van der Waals surface area contributed by atoms with Crippen molar-refractivity contribution in [2.24, 2.45) is 35.0 Å². The zero-order valence-electron chi connectivity index (χ0n) is 29.7. The molecule has 1 saturated heterocycles. The third kappa shape index (κ3) is 4.53. The van der Waals surface area contributed by atoms with Crippen LogP contribution in [0.3, 0.4) is 0 Å². The van der Waals surface area contributed by atoms with E-state index in [0.717, 1.165) is 6.26 Å². The Labute approximate surface area is 299 Å². The molecule has 1 aliphatic heterocycles. The number of Topliss-reactive ketones (excluding diaryl/α,β-unsaturated/α-hetero) is 1. The van der Waals surface area contributed by atoms with Crippen LogP contribution in [0.2, 0.25) is 0 Å². The van der Waals surface area contributed by atoms with Crippen molar-refractivity contribution in [3.63, 3.8) is 0 Å². The second-order valence-electron chi connectivity index (χ2n) is 16.2. The number of hydrogen-bond acceptors (Lipinski definition) is 11. The molecule has 276 valence electrons. The Bertz CT molecular complexity index is 1850. The summed E-state index contributed by atoms with van der Waals surface area (Å²) in [6.07, 6.45) is 2.64. The summed E-state index contributed by atoms with van der Waals surface area (Å²) >= 11 is 0. The topological polar surface area (TPSA) is 160 Å². The number of nitrogens with zero attached hydrogens (tertiary/aromatic N) is 1. The maximum Gasteiger partial charge on any atom is 0.339 e. The Morgan fingerprint density at radius 3 is 2.37 bits per heavy atom. The number of sulfone groups is 1. The highest BCUT2D eigenvalue weighted by Gasteiger charge is 2.88. The lowest BCUT2D eigenvalue weighted by Gasteiger charge is -2.71. The third-order valence-electron chi connectivity index (χ3n) is 14.5. The van der Waals surface area contributed by atoms with Gasteiger partial charge in [0.2, 0.25) is 0 Å². The summed E-state index contributed by atoms with van der Waals surface area (Å²) in [5, 5.41) is 37.0. The highest BCUT2D eigenvalue weighted by atomic mass is 32.2. The number of benzene rings is 2. The van der Waals surface area contributed by atoms with Gasteiger partial charge in [-0.25, -0.2) is 13.2 Å². The lowest BCUT2D eigenvalue weighted by Crippen LogP contribution is -2.82.